The molecule has 0 radical (unpaired) electrons. The van der Waals surface area contributed by atoms with Gasteiger partial charge in [0.05, 0.1) is 29.0 Å². The van der Waals surface area contributed by atoms with Gasteiger partial charge >= 0.3 is 5.97 Å². The van der Waals surface area contributed by atoms with Gasteiger partial charge in [0.25, 0.3) is 0 Å². The maximum atomic E-state index is 13.8. The van der Waals surface area contributed by atoms with Gasteiger partial charge in [-0.2, -0.15) is 9.57 Å². The molecule has 0 aliphatic carbocycles. The second-order valence-electron chi connectivity index (χ2n) is 7.77. The van der Waals surface area contributed by atoms with Crippen molar-refractivity contribution in [3.63, 3.8) is 0 Å². The van der Waals surface area contributed by atoms with Gasteiger partial charge in [0, 0.05) is 6.54 Å². The van der Waals surface area contributed by atoms with Crippen LogP contribution in [0, 0.1) is 29.1 Å². The van der Waals surface area contributed by atoms with Crippen molar-refractivity contribution in [2.75, 3.05) is 13.2 Å². The average Bonchev–Trinajstić information content (AvgIpc) is 3.12. The zero-order valence-corrected chi connectivity index (χ0v) is 19.0. The van der Waals surface area contributed by atoms with Crippen molar-refractivity contribution < 1.29 is 17.9 Å². The predicted molar refractivity (Wildman–Crippen MR) is 122 cm³/mol. The van der Waals surface area contributed by atoms with Crippen LogP contribution in [0.4, 0.5) is 0 Å². The topological polar surface area (TPSA) is 87.5 Å². The predicted octanol–water partition coefficient (Wildman–Crippen LogP) is 4.17. The first-order chi connectivity index (χ1) is 15.2. The van der Waals surface area contributed by atoms with E-state index in [-0.39, 0.29) is 18.0 Å². The Morgan fingerprint density at radius 1 is 1.19 bits per heavy atom. The monoisotopic (exact) mass is 450 g/mol. The van der Waals surface area contributed by atoms with Gasteiger partial charge in [0.1, 0.15) is 0 Å². The molecule has 1 heterocycles. The molecule has 1 aliphatic rings. The van der Waals surface area contributed by atoms with Crippen LogP contribution in [0.3, 0.4) is 0 Å². The fraction of sp³-hybridized carbons (Fsp3) is 0.280. The van der Waals surface area contributed by atoms with Crippen LogP contribution < -0.4 is 0 Å². The number of rotatable bonds is 7. The molecular weight excluding hydrogens is 424 g/mol. The number of sulfonamides is 1. The Kier molecular flexibility index (Phi) is 6.40. The Balaban J connectivity index is 2.36. The Morgan fingerprint density at radius 3 is 2.28 bits per heavy atom. The number of hydrogen-bond donors (Lipinski definition) is 0. The van der Waals surface area contributed by atoms with E-state index in [1.165, 1.54) is 28.6 Å². The van der Waals surface area contributed by atoms with Gasteiger partial charge < -0.3 is 4.74 Å². The number of carbonyl (C=O) groups excluding carboxylic acids is 1. The van der Waals surface area contributed by atoms with Crippen LogP contribution in [0.5, 0.6) is 0 Å². The summed E-state index contributed by atoms with van der Waals surface area (Å²) in [6, 6.07) is 16.1. The van der Waals surface area contributed by atoms with Gasteiger partial charge in [-0.05, 0) is 31.5 Å². The van der Waals surface area contributed by atoms with Crippen LogP contribution in [0.1, 0.15) is 24.1 Å². The minimum absolute atomic E-state index is 0.0405. The normalized spacial score (nSPS) is 22.6. The van der Waals surface area contributed by atoms with Crippen molar-refractivity contribution in [3.8, 4) is 6.07 Å². The molecule has 2 atom stereocenters. The van der Waals surface area contributed by atoms with Crippen molar-refractivity contribution >= 4 is 16.0 Å². The largest absolute Gasteiger partial charge is 0.465 e. The number of aryl methyl sites for hydroxylation is 1. The van der Waals surface area contributed by atoms with Crippen LogP contribution in [-0.4, -0.2) is 31.8 Å². The molecule has 0 bridgehead atoms. The number of ether oxygens (including phenoxy) is 1. The standard InChI is InChI=1S/C25H26N2O4S/c1-5-24(6-2)18-27(32(29,30)21-15-13-19(4)14-16-21)22(20-11-9-8-10-12-20)25(24,17-26)23(28)31-7-3/h5-6,8-16,22H,1-2,7,18H2,3-4H3/t22-,25+/m1/s1. The Morgan fingerprint density at radius 2 is 1.78 bits per heavy atom. The maximum Gasteiger partial charge on any atom is 0.329 e. The van der Waals surface area contributed by atoms with E-state index in [0.717, 1.165) is 5.56 Å². The van der Waals surface area contributed by atoms with Crippen LogP contribution in [-0.2, 0) is 19.6 Å². The molecular formula is C25H26N2O4S. The van der Waals surface area contributed by atoms with Crippen molar-refractivity contribution in [1.82, 2.24) is 4.31 Å². The highest BCUT2D eigenvalue weighted by molar-refractivity contribution is 7.89. The van der Waals surface area contributed by atoms with E-state index in [0.29, 0.717) is 5.56 Å². The minimum atomic E-state index is -4.09. The van der Waals surface area contributed by atoms with Crippen LogP contribution in [0.15, 0.2) is 84.8 Å². The first-order valence-corrected chi connectivity index (χ1v) is 11.7. The van der Waals surface area contributed by atoms with Gasteiger partial charge in [-0.15, -0.1) is 13.2 Å². The van der Waals surface area contributed by atoms with E-state index >= 15 is 0 Å². The second-order valence-corrected chi connectivity index (χ2v) is 9.66. The highest BCUT2D eigenvalue weighted by atomic mass is 32.2. The number of hydrogen-bond acceptors (Lipinski definition) is 5. The molecule has 0 amide bonds. The van der Waals surface area contributed by atoms with Crippen LogP contribution in [0.25, 0.3) is 0 Å². The molecule has 7 heteroatoms. The molecule has 0 N–H and O–H groups in total. The molecule has 0 unspecified atom stereocenters. The summed E-state index contributed by atoms with van der Waals surface area (Å²) < 4.78 is 34.2. The van der Waals surface area contributed by atoms with E-state index in [1.807, 2.05) is 6.92 Å². The fourth-order valence-corrected chi connectivity index (χ4v) is 6.05. The van der Waals surface area contributed by atoms with E-state index < -0.39 is 32.9 Å². The lowest BCUT2D eigenvalue weighted by molar-refractivity contribution is -0.156. The number of nitriles is 1. The fourth-order valence-electron chi connectivity index (χ4n) is 4.36. The highest BCUT2D eigenvalue weighted by Crippen LogP contribution is 2.60. The van der Waals surface area contributed by atoms with Crippen molar-refractivity contribution in [3.05, 3.63) is 91.0 Å². The summed E-state index contributed by atoms with van der Waals surface area (Å²) >= 11 is 0. The minimum Gasteiger partial charge on any atom is -0.465 e. The number of carbonyl (C=O) groups is 1. The smallest absolute Gasteiger partial charge is 0.329 e. The SMILES string of the molecule is C=CC1(C=C)CN(S(=O)(=O)c2ccc(C)cc2)[C@H](c2ccccc2)[C@@]1(C#N)C(=O)OCC. The molecule has 0 saturated carbocycles. The van der Waals surface area contributed by atoms with Gasteiger partial charge in [0.15, 0.2) is 5.41 Å². The lowest BCUT2D eigenvalue weighted by Gasteiger charge is -2.37. The van der Waals surface area contributed by atoms with Gasteiger partial charge in [0.2, 0.25) is 10.0 Å². The Hall–Kier alpha value is -3.21. The molecule has 2 aromatic carbocycles. The van der Waals surface area contributed by atoms with Crippen molar-refractivity contribution in [1.29, 1.82) is 5.26 Å². The lowest BCUT2D eigenvalue weighted by atomic mass is 9.62. The zero-order valence-electron chi connectivity index (χ0n) is 18.2. The molecule has 1 saturated heterocycles. The van der Waals surface area contributed by atoms with E-state index in [2.05, 4.69) is 19.2 Å². The summed E-state index contributed by atoms with van der Waals surface area (Å²) in [5.74, 6) is -0.808. The molecule has 0 spiro atoms. The molecule has 6 nitrogen and oxygen atoms in total. The Labute approximate surface area is 189 Å². The first-order valence-electron chi connectivity index (χ1n) is 10.2. The molecule has 0 aromatic heterocycles. The molecule has 1 aliphatic heterocycles. The molecule has 2 aromatic rings. The maximum absolute atomic E-state index is 13.8. The van der Waals surface area contributed by atoms with Gasteiger partial charge in [-0.1, -0.05) is 60.2 Å². The molecule has 1 fully saturated rings. The molecule has 32 heavy (non-hydrogen) atoms. The van der Waals surface area contributed by atoms with E-state index in [1.54, 1.807) is 49.4 Å². The molecule has 3 rings (SSSR count). The summed E-state index contributed by atoms with van der Waals surface area (Å²) in [4.78, 5) is 13.5. The third-order valence-corrected chi connectivity index (χ3v) is 7.92. The average molecular weight is 451 g/mol. The van der Waals surface area contributed by atoms with Crippen LogP contribution in [0.2, 0.25) is 0 Å². The van der Waals surface area contributed by atoms with E-state index in [4.69, 9.17) is 4.74 Å². The van der Waals surface area contributed by atoms with Gasteiger partial charge in [-0.3, -0.25) is 4.79 Å². The zero-order chi connectivity index (χ0) is 23.6. The van der Waals surface area contributed by atoms with Crippen molar-refractivity contribution in [2.45, 2.75) is 24.8 Å². The third kappa shape index (κ3) is 3.36. The number of benzene rings is 2. The first kappa shape index (κ1) is 23.5. The van der Waals surface area contributed by atoms with Crippen LogP contribution >= 0.6 is 0 Å². The Bertz CT molecular complexity index is 1160. The lowest BCUT2D eigenvalue weighted by Crippen LogP contribution is -2.46. The number of nitrogens with zero attached hydrogens (tertiary/aromatic N) is 2. The summed E-state index contributed by atoms with van der Waals surface area (Å²) in [5.41, 5.74) is -1.87. The highest BCUT2D eigenvalue weighted by Gasteiger charge is 2.69. The summed E-state index contributed by atoms with van der Waals surface area (Å²) in [7, 11) is -4.09. The summed E-state index contributed by atoms with van der Waals surface area (Å²) in [6.45, 7) is 11.1. The third-order valence-electron chi connectivity index (χ3n) is 6.09. The second kappa shape index (κ2) is 8.73. The summed E-state index contributed by atoms with van der Waals surface area (Å²) in [6.07, 6.45) is 2.86. The number of esters is 1. The summed E-state index contributed by atoms with van der Waals surface area (Å²) in [5, 5.41) is 10.5. The van der Waals surface area contributed by atoms with E-state index in [9.17, 15) is 18.5 Å². The van der Waals surface area contributed by atoms with Crippen molar-refractivity contribution in [2.24, 2.45) is 10.8 Å². The quantitative estimate of drug-likeness (QED) is 0.467. The van der Waals surface area contributed by atoms with Gasteiger partial charge in [-0.25, -0.2) is 8.42 Å². The molecule has 166 valence electrons.